The Bertz CT molecular complexity index is 509. The van der Waals surface area contributed by atoms with Gasteiger partial charge in [-0.05, 0) is 20.8 Å². The molecular weight excluding hydrogens is 360 g/mol. The second kappa shape index (κ2) is 25.6. The smallest absolute Gasteiger partial charge is 0.105 e. The fourth-order valence-corrected chi connectivity index (χ4v) is 1.30. The van der Waals surface area contributed by atoms with Crippen molar-refractivity contribution in [2.75, 3.05) is 0 Å². The van der Waals surface area contributed by atoms with E-state index in [4.69, 9.17) is 0 Å². The fraction of sp³-hybridized carbons (Fsp3) is 0.609. The number of aryl methyl sites for hydroxylation is 6. The second-order valence-corrected chi connectivity index (χ2v) is 4.82. The molecule has 3 heterocycles. The summed E-state index contributed by atoms with van der Waals surface area (Å²) in [5.41, 5.74) is 1.19. The fourth-order valence-electron chi connectivity index (χ4n) is 1.30. The van der Waals surface area contributed by atoms with Gasteiger partial charge in [0, 0.05) is 57.8 Å². The molecule has 0 saturated carbocycles. The maximum atomic E-state index is 3.98. The van der Waals surface area contributed by atoms with E-state index in [9.17, 15) is 0 Å². The summed E-state index contributed by atoms with van der Waals surface area (Å²) in [5.74, 6) is 2.11. The zero-order valence-electron chi connectivity index (χ0n) is 19.6. The summed E-state index contributed by atoms with van der Waals surface area (Å²) >= 11 is 0. The Hall–Kier alpha value is -2.37. The zero-order chi connectivity index (χ0) is 21.8. The van der Waals surface area contributed by atoms with Crippen LogP contribution in [0.25, 0.3) is 0 Å². The molecule has 6 nitrogen and oxygen atoms in total. The van der Waals surface area contributed by atoms with Gasteiger partial charge in [0.1, 0.15) is 11.6 Å². The minimum absolute atomic E-state index is 0. The van der Waals surface area contributed by atoms with Gasteiger partial charge in [-0.3, -0.25) is 0 Å². The average molecular weight is 411 g/mol. The molecule has 3 aromatic rings. The standard InChI is InChI=1S/3C5H8N2.3C2H6.2CH4/c1-5-3-6-4-7(5)2;2*1-5-6-3-4-7(5)2;3*1-2;;/h3*3-4H,1-2H3;3*1-2H3;2*1H4. The Morgan fingerprint density at radius 2 is 0.966 bits per heavy atom. The lowest BCUT2D eigenvalue weighted by Crippen LogP contribution is -1.86. The normalized spacial score (nSPS) is 7.45. The Balaban J connectivity index is -0.0000000853. The molecule has 0 atom stereocenters. The highest BCUT2D eigenvalue weighted by Crippen LogP contribution is 1.89. The van der Waals surface area contributed by atoms with E-state index in [1.165, 1.54) is 5.69 Å². The van der Waals surface area contributed by atoms with Crippen LogP contribution in [0.15, 0.2) is 37.3 Å². The molecule has 172 valence electrons. The van der Waals surface area contributed by atoms with E-state index in [1.54, 1.807) is 18.7 Å². The summed E-state index contributed by atoms with van der Waals surface area (Å²) in [6.45, 7) is 18.0. The molecule has 0 unspecified atom stereocenters. The van der Waals surface area contributed by atoms with Crippen LogP contribution in [-0.4, -0.2) is 28.7 Å². The molecule has 0 bridgehead atoms. The molecular formula is C23H50N6. The van der Waals surface area contributed by atoms with Crippen LogP contribution in [0.5, 0.6) is 0 Å². The predicted octanol–water partition coefficient (Wildman–Crippen LogP) is 6.54. The van der Waals surface area contributed by atoms with Crippen molar-refractivity contribution in [3.05, 3.63) is 54.7 Å². The van der Waals surface area contributed by atoms with Crippen LogP contribution in [-0.2, 0) is 21.1 Å². The largest absolute Gasteiger partial charge is 0.338 e. The highest BCUT2D eigenvalue weighted by molar-refractivity contribution is 4.92. The lowest BCUT2D eigenvalue weighted by atomic mass is 10.5. The van der Waals surface area contributed by atoms with E-state index in [1.807, 2.05) is 116 Å². The average Bonchev–Trinajstić information content (AvgIpc) is 3.39. The summed E-state index contributed by atoms with van der Waals surface area (Å²) < 4.78 is 5.92. The number of imidazole rings is 3. The summed E-state index contributed by atoms with van der Waals surface area (Å²) in [6.07, 6.45) is 11.0. The third kappa shape index (κ3) is 18.7. The predicted molar refractivity (Wildman–Crippen MR) is 131 cm³/mol. The maximum absolute atomic E-state index is 3.98. The van der Waals surface area contributed by atoms with Crippen LogP contribution in [0, 0.1) is 20.8 Å². The summed E-state index contributed by atoms with van der Waals surface area (Å²) in [4.78, 5) is 11.8. The van der Waals surface area contributed by atoms with Crippen LogP contribution >= 0.6 is 0 Å². The molecule has 29 heavy (non-hydrogen) atoms. The molecule has 0 saturated heterocycles. The van der Waals surface area contributed by atoms with Crippen molar-refractivity contribution in [1.29, 1.82) is 0 Å². The van der Waals surface area contributed by atoms with Gasteiger partial charge >= 0.3 is 0 Å². The Kier molecular flexibility index (Phi) is 33.0. The zero-order valence-corrected chi connectivity index (χ0v) is 19.6. The second-order valence-electron chi connectivity index (χ2n) is 4.82. The van der Waals surface area contributed by atoms with Gasteiger partial charge in [0.2, 0.25) is 0 Å². The van der Waals surface area contributed by atoms with Gasteiger partial charge in [-0.1, -0.05) is 56.4 Å². The summed E-state index contributed by atoms with van der Waals surface area (Å²) in [5, 5.41) is 0. The molecule has 6 heteroatoms. The first-order chi connectivity index (χ1) is 12.9. The van der Waals surface area contributed by atoms with Crippen molar-refractivity contribution in [3.8, 4) is 0 Å². The Labute approximate surface area is 182 Å². The lowest BCUT2D eigenvalue weighted by Gasteiger charge is -1.87. The van der Waals surface area contributed by atoms with E-state index in [0.29, 0.717) is 0 Å². The van der Waals surface area contributed by atoms with E-state index in [-0.39, 0.29) is 14.9 Å². The van der Waals surface area contributed by atoms with Gasteiger partial charge in [-0.2, -0.15) is 0 Å². The van der Waals surface area contributed by atoms with Crippen LogP contribution < -0.4 is 0 Å². The molecule has 0 aliphatic rings. The van der Waals surface area contributed by atoms with Crippen molar-refractivity contribution in [1.82, 2.24) is 28.7 Å². The molecule has 0 radical (unpaired) electrons. The van der Waals surface area contributed by atoms with Crippen LogP contribution in [0.2, 0.25) is 0 Å². The quantitative estimate of drug-likeness (QED) is 0.423. The minimum atomic E-state index is 0. The maximum Gasteiger partial charge on any atom is 0.105 e. The van der Waals surface area contributed by atoms with Crippen LogP contribution in [0.4, 0.5) is 0 Å². The highest BCUT2D eigenvalue weighted by Gasteiger charge is 1.84. The van der Waals surface area contributed by atoms with Gasteiger partial charge in [-0.15, -0.1) is 0 Å². The molecule has 0 spiro atoms. The third-order valence-corrected chi connectivity index (χ3v) is 3.18. The number of aromatic nitrogens is 6. The summed E-state index contributed by atoms with van der Waals surface area (Å²) in [6, 6.07) is 0. The molecule has 0 aromatic carbocycles. The van der Waals surface area contributed by atoms with E-state index < -0.39 is 0 Å². The number of hydrogen-bond acceptors (Lipinski definition) is 3. The van der Waals surface area contributed by atoms with Gasteiger partial charge in [0.25, 0.3) is 0 Å². The topological polar surface area (TPSA) is 53.5 Å². The van der Waals surface area contributed by atoms with Crippen molar-refractivity contribution in [2.24, 2.45) is 21.1 Å². The van der Waals surface area contributed by atoms with Gasteiger partial charge in [0.15, 0.2) is 0 Å². The van der Waals surface area contributed by atoms with Gasteiger partial charge in [0.05, 0.1) is 6.33 Å². The first kappa shape index (κ1) is 37.4. The SMILES string of the molecule is C.C.CC.CC.CC.Cc1cncn1C.Cc1nccn1C.Cc1nccn1C. The number of rotatable bonds is 0. The Morgan fingerprint density at radius 1 is 0.621 bits per heavy atom. The van der Waals surface area contributed by atoms with Crippen molar-refractivity contribution in [2.45, 2.75) is 77.2 Å². The molecule has 0 N–H and O–H groups in total. The molecule has 3 rings (SSSR count). The van der Waals surface area contributed by atoms with Crippen molar-refractivity contribution in [3.63, 3.8) is 0 Å². The molecule has 0 aliphatic heterocycles. The highest BCUT2D eigenvalue weighted by atomic mass is 15.0. The number of nitrogens with zero attached hydrogens (tertiary/aromatic N) is 6. The minimum Gasteiger partial charge on any atom is -0.338 e. The van der Waals surface area contributed by atoms with Crippen molar-refractivity contribution < 1.29 is 0 Å². The first-order valence-electron chi connectivity index (χ1n) is 9.72. The van der Waals surface area contributed by atoms with E-state index in [0.717, 1.165) is 11.6 Å². The molecule has 3 aromatic heterocycles. The van der Waals surface area contributed by atoms with Gasteiger partial charge in [-0.25, -0.2) is 15.0 Å². The number of hydrogen-bond donors (Lipinski definition) is 0. The van der Waals surface area contributed by atoms with Crippen LogP contribution in [0.1, 0.15) is 73.7 Å². The molecule has 0 aliphatic carbocycles. The van der Waals surface area contributed by atoms with E-state index >= 15 is 0 Å². The van der Waals surface area contributed by atoms with Gasteiger partial charge < -0.3 is 13.7 Å². The summed E-state index contributed by atoms with van der Waals surface area (Å²) in [7, 11) is 5.92. The third-order valence-electron chi connectivity index (χ3n) is 3.18. The monoisotopic (exact) mass is 410 g/mol. The van der Waals surface area contributed by atoms with Crippen molar-refractivity contribution >= 4 is 0 Å². The van der Waals surface area contributed by atoms with E-state index in [2.05, 4.69) is 15.0 Å². The Morgan fingerprint density at radius 3 is 1.03 bits per heavy atom. The molecule has 0 amide bonds. The first-order valence-corrected chi connectivity index (χ1v) is 9.72. The molecule has 0 fully saturated rings. The lowest BCUT2D eigenvalue weighted by molar-refractivity contribution is 0.858. The van der Waals surface area contributed by atoms with Crippen LogP contribution in [0.3, 0.4) is 0 Å².